The molecule has 5 atom stereocenters. The smallest absolute Gasteiger partial charge is 0.316 e. The van der Waals surface area contributed by atoms with Crippen LogP contribution < -0.4 is 0 Å². The highest BCUT2D eigenvalue weighted by Gasteiger charge is 2.67. The van der Waals surface area contributed by atoms with Crippen LogP contribution in [0.4, 0.5) is 0 Å². The first-order valence-corrected chi connectivity index (χ1v) is 17.7. The fraction of sp³-hybridized carbons (Fsp3) is 0.921. The molecular weight excluding hydrogens is 632 g/mol. The molecule has 0 spiro atoms. The van der Waals surface area contributed by atoms with Crippen molar-refractivity contribution in [2.75, 3.05) is 55.7 Å². The van der Waals surface area contributed by atoms with Gasteiger partial charge >= 0.3 is 5.97 Å². The maximum absolute atomic E-state index is 14.6. The van der Waals surface area contributed by atoms with Crippen LogP contribution in [0.2, 0.25) is 0 Å². The van der Waals surface area contributed by atoms with Gasteiger partial charge in [-0.3, -0.25) is 14.4 Å². The van der Waals surface area contributed by atoms with Crippen molar-refractivity contribution in [2.24, 2.45) is 22.7 Å². The summed E-state index contributed by atoms with van der Waals surface area (Å²) in [7, 11) is 8.01. The van der Waals surface area contributed by atoms with Gasteiger partial charge in [-0.15, -0.1) is 0 Å². The van der Waals surface area contributed by atoms with Gasteiger partial charge in [-0.25, -0.2) is 0 Å². The zero-order valence-electron chi connectivity index (χ0n) is 33.3. The van der Waals surface area contributed by atoms with E-state index in [4.69, 9.17) is 37.9 Å². The maximum atomic E-state index is 14.6. The van der Waals surface area contributed by atoms with Gasteiger partial charge in [-0.1, -0.05) is 27.2 Å². The molecular formula is C38H70O11. The summed E-state index contributed by atoms with van der Waals surface area (Å²) in [5.74, 6) is -0.892. The third-order valence-electron chi connectivity index (χ3n) is 11.0. The van der Waals surface area contributed by atoms with E-state index in [2.05, 4.69) is 6.92 Å². The summed E-state index contributed by atoms with van der Waals surface area (Å²) in [5.41, 5.74) is -5.01. The Balaban J connectivity index is 3.97. The molecule has 0 aliphatic carbocycles. The number of hydrogen-bond donors (Lipinski definition) is 0. The van der Waals surface area contributed by atoms with Gasteiger partial charge in [0.15, 0.2) is 11.9 Å². The molecule has 288 valence electrons. The Labute approximate surface area is 297 Å². The highest BCUT2D eigenvalue weighted by molar-refractivity contribution is 5.86. The summed E-state index contributed by atoms with van der Waals surface area (Å²) in [5, 5.41) is 0. The van der Waals surface area contributed by atoms with Crippen LogP contribution in [-0.4, -0.2) is 102 Å². The minimum absolute atomic E-state index is 0.0452. The molecule has 1 aliphatic rings. The second-order valence-corrected chi connectivity index (χ2v) is 16.4. The maximum Gasteiger partial charge on any atom is 0.316 e. The Morgan fingerprint density at radius 1 is 0.816 bits per heavy atom. The van der Waals surface area contributed by atoms with Crippen molar-refractivity contribution in [3.05, 3.63) is 0 Å². The largest absolute Gasteiger partial charge is 0.448 e. The topological polar surface area (TPSA) is 125 Å². The molecule has 0 aromatic heterocycles. The van der Waals surface area contributed by atoms with Gasteiger partial charge in [0.05, 0.1) is 28.8 Å². The van der Waals surface area contributed by atoms with Gasteiger partial charge in [0.25, 0.3) is 0 Å². The minimum Gasteiger partial charge on any atom is -0.448 e. The normalized spacial score (nSPS) is 23.8. The first kappa shape index (κ1) is 45.6. The van der Waals surface area contributed by atoms with E-state index in [1.165, 1.54) is 7.11 Å². The lowest BCUT2D eigenvalue weighted by molar-refractivity contribution is -0.169. The van der Waals surface area contributed by atoms with Crippen molar-refractivity contribution in [3.8, 4) is 0 Å². The molecule has 0 radical (unpaired) electrons. The molecule has 1 unspecified atom stereocenters. The molecule has 0 amide bonds. The van der Waals surface area contributed by atoms with E-state index in [9.17, 15) is 14.4 Å². The summed E-state index contributed by atoms with van der Waals surface area (Å²) < 4.78 is 46.6. The highest BCUT2D eigenvalue weighted by Crippen LogP contribution is 2.55. The van der Waals surface area contributed by atoms with Crippen molar-refractivity contribution < 1.29 is 52.3 Å². The number of carbonyl (C=O) groups is 3. The van der Waals surface area contributed by atoms with Crippen LogP contribution in [0.15, 0.2) is 0 Å². The predicted octanol–water partition coefficient (Wildman–Crippen LogP) is 6.71. The van der Waals surface area contributed by atoms with Gasteiger partial charge in [-0.05, 0) is 97.8 Å². The average Bonchev–Trinajstić information content (AvgIpc) is 3.27. The second kappa shape index (κ2) is 19.4. The van der Waals surface area contributed by atoms with Crippen LogP contribution in [0.25, 0.3) is 0 Å². The number of carbonyl (C=O) groups excluding carboxylic acids is 3. The lowest BCUT2D eigenvalue weighted by Gasteiger charge is -2.45. The molecule has 0 saturated carbocycles. The number of methoxy groups -OCH3 is 5. The summed E-state index contributed by atoms with van der Waals surface area (Å²) in [4.78, 5) is 41.4. The van der Waals surface area contributed by atoms with Crippen molar-refractivity contribution in [1.82, 2.24) is 0 Å². The lowest BCUT2D eigenvalue weighted by atomic mass is 9.60. The SMILES string of the molecule is COCOCC(C[C@@]1(CCC(C)(C)OC)C(=O)O[C@](C=O)(CCC(C)(C)OC)[C@@H]1OCOC)[C@@](C)(CCCC(C)(C)OC)CC(=O)C(C)C. The number of hydrogen-bond acceptors (Lipinski definition) is 11. The molecule has 0 aromatic carbocycles. The van der Waals surface area contributed by atoms with Gasteiger partial charge < -0.3 is 37.9 Å². The molecule has 1 heterocycles. The summed E-state index contributed by atoms with van der Waals surface area (Å²) in [6.45, 7) is 17.9. The minimum atomic E-state index is -1.59. The Morgan fingerprint density at radius 3 is 1.84 bits per heavy atom. The second-order valence-electron chi connectivity index (χ2n) is 16.4. The van der Waals surface area contributed by atoms with Gasteiger partial charge in [0.1, 0.15) is 25.5 Å². The van der Waals surface area contributed by atoms with Gasteiger partial charge in [0.2, 0.25) is 0 Å². The molecule has 49 heavy (non-hydrogen) atoms. The van der Waals surface area contributed by atoms with Crippen LogP contribution >= 0.6 is 0 Å². The van der Waals surface area contributed by atoms with Crippen molar-refractivity contribution in [2.45, 2.75) is 149 Å². The Morgan fingerprint density at radius 2 is 1.35 bits per heavy atom. The van der Waals surface area contributed by atoms with Crippen LogP contribution in [0.3, 0.4) is 0 Å². The zero-order valence-corrected chi connectivity index (χ0v) is 33.3. The predicted molar refractivity (Wildman–Crippen MR) is 188 cm³/mol. The summed E-state index contributed by atoms with van der Waals surface area (Å²) in [6, 6.07) is 0. The number of ketones is 1. The van der Waals surface area contributed by atoms with Gasteiger partial charge in [-0.2, -0.15) is 0 Å². The molecule has 1 fully saturated rings. The quantitative estimate of drug-likeness (QED) is 0.0393. The van der Waals surface area contributed by atoms with E-state index in [1.54, 1.807) is 28.4 Å². The first-order chi connectivity index (χ1) is 22.7. The molecule has 11 heteroatoms. The molecule has 1 saturated heterocycles. The lowest BCUT2D eigenvalue weighted by Crippen LogP contribution is -2.53. The number of esters is 1. The van der Waals surface area contributed by atoms with Crippen LogP contribution in [0, 0.1) is 22.7 Å². The van der Waals surface area contributed by atoms with Gasteiger partial charge in [0, 0.05) is 47.9 Å². The summed E-state index contributed by atoms with van der Waals surface area (Å²) >= 11 is 0. The molecule has 1 aliphatic heterocycles. The molecule has 1 rings (SSSR count). The van der Waals surface area contributed by atoms with E-state index in [-0.39, 0.29) is 62.7 Å². The molecule has 0 bridgehead atoms. The standard InChI is InChI=1S/C38H70O11/c1-28(2)30(40)23-36(9,17-15-16-33(3,4)44-12)29(24-47-26-42-10)22-37(20-18-34(5,6)45-13)31(48-27-43-11)38(25-39,49-32(37)41)21-19-35(7,8)46-14/h25,28-29,31H,15-24,26-27H2,1-14H3/t29?,31-,36+,37-,38+/m1/s1. The highest BCUT2D eigenvalue weighted by atomic mass is 16.7. The number of cyclic esters (lactones) is 1. The average molecular weight is 703 g/mol. The first-order valence-electron chi connectivity index (χ1n) is 17.7. The number of Topliss-reactive ketones (excluding diaryl/α,β-unsaturated/α-hetero) is 1. The molecule has 0 aromatic rings. The number of rotatable bonds is 27. The fourth-order valence-electron chi connectivity index (χ4n) is 6.70. The van der Waals surface area contributed by atoms with Crippen molar-refractivity contribution in [1.29, 1.82) is 0 Å². The van der Waals surface area contributed by atoms with E-state index in [0.29, 0.717) is 32.0 Å². The van der Waals surface area contributed by atoms with Crippen LogP contribution in [0.1, 0.15) is 120 Å². The molecule has 0 N–H and O–H groups in total. The summed E-state index contributed by atoms with van der Waals surface area (Å²) in [6.07, 6.45) is 3.88. The monoisotopic (exact) mass is 702 g/mol. The Hall–Kier alpha value is -1.47. The number of ether oxygens (including phenoxy) is 8. The number of aldehydes is 1. The Bertz CT molecular complexity index is 1030. The zero-order chi connectivity index (χ0) is 37.7. The van der Waals surface area contributed by atoms with E-state index < -0.39 is 39.7 Å². The molecule has 11 nitrogen and oxygen atoms in total. The van der Waals surface area contributed by atoms with E-state index in [1.807, 2.05) is 55.4 Å². The van der Waals surface area contributed by atoms with E-state index >= 15 is 0 Å². The van der Waals surface area contributed by atoms with Crippen LogP contribution in [0.5, 0.6) is 0 Å². The Kier molecular flexibility index (Phi) is 18.0. The van der Waals surface area contributed by atoms with E-state index in [0.717, 1.165) is 12.8 Å². The fourth-order valence-corrected chi connectivity index (χ4v) is 6.70. The van der Waals surface area contributed by atoms with Crippen molar-refractivity contribution >= 4 is 18.0 Å². The third kappa shape index (κ3) is 12.9. The third-order valence-corrected chi connectivity index (χ3v) is 11.0. The van der Waals surface area contributed by atoms with Crippen LogP contribution in [-0.2, 0) is 52.3 Å². The van der Waals surface area contributed by atoms with Crippen molar-refractivity contribution in [3.63, 3.8) is 0 Å².